The Labute approximate surface area is 119 Å². The van der Waals surface area contributed by atoms with Crippen LogP contribution in [0, 0.1) is 0 Å². The van der Waals surface area contributed by atoms with Gasteiger partial charge in [-0.05, 0) is 30.7 Å². The molecule has 1 rings (SSSR count). The van der Waals surface area contributed by atoms with Crippen molar-refractivity contribution in [1.82, 2.24) is 5.32 Å². The molecule has 0 bridgehead atoms. The highest BCUT2D eigenvalue weighted by atomic mass is 16.5. The van der Waals surface area contributed by atoms with Crippen molar-refractivity contribution >= 4 is 5.84 Å². The highest BCUT2D eigenvalue weighted by Gasteiger charge is 2.02. The highest BCUT2D eigenvalue weighted by molar-refractivity contribution is 5.97. The predicted octanol–water partition coefficient (Wildman–Crippen LogP) is 0.910. The quantitative estimate of drug-likeness (QED) is 0.177. The number of nitrogens with two attached hydrogens (primary N) is 1. The van der Waals surface area contributed by atoms with Crippen molar-refractivity contribution in [2.45, 2.75) is 25.9 Å². The number of ether oxygens (including phenoxy) is 1. The standard InChI is InChI=1S/C14H23N3O3/c1-2-3-12(18)10-16-8-9-20-13-6-4-11(5-7-13)14(15)17-19/h4-7,12,16,18-19H,2-3,8-10H2,1H3,(H2,15,17). The minimum Gasteiger partial charge on any atom is -0.492 e. The van der Waals surface area contributed by atoms with Crippen LogP contribution in [0.1, 0.15) is 25.3 Å². The van der Waals surface area contributed by atoms with Crippen molar-refractivity contribution < 1.29 is 15.1 Å². The molecule has 0 aliphatic rings. The maximum atomic E-state index is 9.52. The van der Waals surface area contributed by atoms with Gasteiger partial charge in [0.1, 0.15) is 12.4 Å². The predicted molar refractivity (Wildman–Crippen MR) is 78.2 cm³/mol. The van der Waals surface area contributed by atoms with E-state index in [-0.39, 0.29) is 11.9 Å². The summed E-state index contributed by atoms with van der Waals surface area (Å²) in [5, 5.41) is 24.1. The fraction of sp³-hybridized carbons (Fsp3) is 0.500. The molecule has 6 nitrogen and oxygen atoms in total. The Balaban J connectivity index is 2.22. The molecule has 1 aromatic carbocycles. The summed E-state index contributed by atoms with van der Waals surface area (Å²) < 4.78 is 5.53. The number of nitrogens with zero attached hydrogens (tertiary/aromatic N) is 1. The summed E-state index contributed by atoms with van der Waals surface area (Å²) in [7, 11) is 0. The van der Waals surface area contributed by atoms with Gasteiger partial charge < -0.3 is 26.1 Å². The molecule has 0 radical (unpaired) electrons. The van der Waals surface area contributed by atoms with E-state index in [0.717, 1.165) is 18.6 Å². The lowest BCUT2D eigenvalue weighted by Crippen LogP contribution is -2.30. The van der Waals surface area contributed by atoms with Crippen LogP contribution in [0.15, 0.2) is 29.4 Å². The van der Waals surface area contributed by atoms with Gasteiger partial charge in [-0.2, -0.15) is 0 Å². The van der Waals surface area contributed by atoms with Crippen molar-refractivity contribution in [2.75, 3.05) is 19.7 Å². The fourth-order valence-corrected chi connectivity index (χ4v) is 1.72. The number of rotatable bonds is 9. The van der Waals surface area contributed by atoms with Crippen molar-refractivity contribution in [3.8, 4) is 5.75 Å². The van der Waals surface area contributed by atoms with Crippen LogP contribution in [0.5, 0.6) is 5.75 Å². The number of aliphatic hydroxyl groups is 1. The van der Waals surface area contributed by atoms with Gasteiger partial charge in [-0.25, -0.2) is 0 Å². The molecule has 6 heteroatoms. The molecule has 20 heavy (non-hydrogen) atoms. The van der Waals surface area contributed by atoms with Gasteiger partial charge in [0, 0.05) is 18.7 Å². The Morgan fingerprint density at radius 3 is 2.70 bits per heavy atom. The molecular formula is C14H23N3O3. The summed E-state index contributed by atoms with van der Waals surface area (Å²) in [4.78, 5) is 0. The normalized spacial score (nSPS) is 13.2. The first kappa shape index (κ1) is 16.3. The number of aliphatic hydroxyl groups excluding tert-OH is 1. The monoisotopic (exact) mass is 281 g/mol. The lowest BCUT2D eigenvalue weighted by Gasteiger charge is -2.11. The van der Waals surface area contributed by atoms with Crippen LogP contribution < -0.4 is 15.8 Å². The van der Waals surface area contributed by atoms with Gasteiger partial charge in [0.2, 0.25) is 0 Å². The van der Waals surface area contributed by atoms with Crippen LogP contribution in [-0.4, -0.2) is 41.9 Å². The van der Waals surface area contributed by atoms with E-state index in [1.54, 1.807) is 24.3 Å². The zero-order chi connectivity index (χ0) is 14.8. The van der Waals surface area contributed by atoms with Crippen LogP contribution >= 0.6 is 0 Å². The molecule has 0 aliphatic carbocycles. The van der Waals surface area contributed by atoms with Crippen molar-refractivity contribution in [1.29, 1.82) is 0 Å². The third-order valence-corrected chi connectivity index (χ3v) is 2.81. The van der Waals surface area contributed by atoms with Crippen molar-refractivity contribution in [3.05, 3.63) is 29.8 Å². The van der Waals surface area contributed by atoms with E-state index in [2.05, 4.69) is 10.5 Å². The van der Waals surface area contributed by atoms with E-state index in [0.29, 0.717) is 25.3 Å². The van der Waals surface area contributed by atoms with Gasteiger partial charge in [0.25, 0.3) is 0 Å². The smallest absolute Gasteiger partial charge is 0.170 e. The molecule has 0 saturated heterocycles. The molecule has 0 saturated carbocycles. The van der Waals surface area contributed by atoms with Crippen LogP contribution in [0.4, 0.5) is 0 Å². The first-order valence-corrected chi connectivity index (χ1v) is 6.77. The molecule has 0 aromatic heterocycles. The minimum atomic E-state index is -0.292. The molecular weight excluding hydrogens is 258 g/mol. The minimum absolute atomic E-state index is 0.0723. The molecule has 0 amide bonds. The summed E-state index contributed by atoms with van der Waals surface area (Å²) >= 11 is 0. The van der Waals surface area contributed by atoms with Crippen LogP contribution in [0.25, 0.3) is 0 Å². The van der Waals surface area contributed by atoms with Gasteiger partial charge >= 0.3 is 0 Å². The number of hydrogen-bond acceptors (Lipinski definition) is 5. The summed E-state index contributed by atoms with van der Waals surface area (Å²) in [6, 6.07) is 6.98. The Bertz CT molecular complexity index is 407. The topological polar surface area (TPSA) is 100 Å². The number of hydrogen-bond donors (Lipinski definition) is 4. The second kappa shape index (κ2) is 9.17. The zero-order valence-electron chi connectivity index (χ0n) is 11.7. The second-order valence-corrected chi connectivity index (χ2v) is 4.50. The van der Waals surface area contributed by atoms with E-state index < -0.39 is 0 Å². The first-order chi connectivity index (χ1) is 9.67. The Morgan fingerprint density at radius 1 is 1.40 bits per heavy atom. The molecule has 0 spiro atoms. The van der Waals surface area contributed by atoms with E-state index in [1.165, 1.54) is 0 Å². The summed E-state index contributed by atoms with van der Waals surface area (Å²) in [5.74, 6) is 0.790. The van der Waals surface area contributed by atoms with Crippen molar-refractivity contribution in [2.24, 2.45) is 10.9 Å². The number of benzene rings is 1. The van der Waals surface area contributed by atoms with Gasteiger partial charge in [-0.1, -0.05) is 18.5 Å². The number of amidine groups is 1. The molecule has 112 valence electrons. The summed E-state index contributed by atoms with van der Waals surface area (Å²) in [5.41, 5.74) is 6.10. The second-order valence-electron chi connectivity index (χ2n) is 4.50. The first-order valence-electron chi connectivity index (χ1n) is 6.77. The SMILES string of the molecule is CCCC(O)CNCCOc1ccc(/C(N)=N/O)cc1. The lowest BCUT2D eigenvalue weighted by molar-refractivity contribution is 0.158. The molecule has 0 fully saturated rings. The van der Waals surface area contributed by atoms with E-state index in [9.17, 15) is 5.11 Å². The Hall–Kier alpha value is -1.79. The average molecular weight is 281 g/mol. The Kier molecular flexibility index (Phi) is 7.46. The van der Waals surface area contributed by atoms with Crippen LogP contribution in [0.2, 0.25) is 0 Å². The largest absolute Gasteiger partial charge is 0.492 e. The van der Waals surface area contributed by atoms with E-state index in [1.807, 2.05) is 6.92 Å². The average Bonchev–Trinajstić information content (AvgIpc) is 2.47. The maximum Gasteiger partial charge on any atom is 0.170 e. The van der Waals surface area contributed by atoms with Gasteiger partial charge in [-0.15, -0.1) is 0 Å². The van der Waals surface area contributed by atoms with Gasteiger partial charge in [0.05, 0.1) is 6.10 Å². The summed E-state index contributed by atoms with van der Waals surface area (Å²) in [6.07, 6.45) is 1.50. The molecule has 0 aliphatic heterocycles. The highest BCUT2D eigenvalue weighted by Crippen LogP contribution is 2.11. The number of oxime groups is 1. The molecule has 1 unspecified atom stereocenters. The van der Waals surface area contributed by atoms with Gasteiger partial charge in [-0.3, -0.25) is 0 Å². The lowest BCUT2D eigenvalue weighted by atomic mass is 10.2. The zero-order valence-corrected chi connectivity index (χ0v) is 11.7. The number of nitrogens with one attached hydrogen (secondary N) is 1. The summed E-state index contributed by atoms with van der Waals surface area (Å²) in [6.45, 7) is 3.81. The maximum absolute atomic E-state index is 9.52. The van der Waals surface area contributed by atoms with Crippen LogP contribution in [-0.2, 0) is 0 Å². The van der Waals surface area contributed by atoms with E-state index in [4.69, 9.17) is 15.7 Å². The molecule has 1 aromatic rings. The Morgan fingerprint density at radius 2 is 2.10 bits per heavy atom. The van der Waals surface area contributed by atoms with Crippen LogP contribution in [0.3, 0.4) is 0 Å². The fourth-order valence-electron chi connectivity index (χ4n) is 1.72. The van der Waals surface area contributed by atoms with Gasteiger partial charge in [0.15, 0.2) is 5.84 Å². The third kappa shape index (κ3) is 5.90. The van der Waals surface area contributed by atoms with Crippen molar-refractivity contribution in [3.63, 3.8) is 0 Å². The van der Waals surface area contributed by atoms with E-state index >= 15 is 0 Å². The molecule has 1 atom stereocenters. The molecule has 5 N–H and O–H groups in total. The molecule has 0 heterocycles. The third-order valence-electron chi connectivity index (χ3n) is 2.81.